The zero-order valence-corrected chi connectivity index (χ0v) is 19.1. The molecule has 0 fully saturated rings. The second-order valence-corrected chi connectivity index (χ2v) is 10.3. The number of aromatic nitrogens is 2. The highest BCUT2D eigenvalue weighted by atomic mass is 32.2. The molecule has 2 N–H and O–H groups in total. The minimum Gasteiger partial charge on any atom is -0.489 e. The highest BCUT2D eigenvalue weighted by Crippen LogP contribution is 2.24. The van der Waals surface area contributed by atoms with Gasteiger partial charge in [0.25, 0.3) is 11.5 Å². The first-order valence-electron chi connectivity index (χ1n) is 10.1. The summed E-state index contributed by atoms with van der Waals surface area (Å²) in [5.41, 5.74) is 3.56. The molecule has 0 aliphatic heterocycles. The molecule has 3 aromatic rings. The number of hydroxylamine groups is 1. The number of aryl methyl sites for hydroxylation is 1. The molecule has 0 bridgehead atoms. The van der Waals surface area contributed by atoms with E-state index in [1.54, 1.807) is 24.7 Å². The standard InChI is InChI=1S/C23H25N3O6S/c1-23(22(28)25-29,33(2,30)31)10-14-26-13-9-19(15-21(26)27)18-3-5-20(6-4-18)32-16-17-7-11-24-12-8-17/h3-9,11-13,15,29H,10,14,16H2,1-2H3,(H,25,28). The highest BCUT2D eigenvalue weighted by molar-refractivity contribution is 7.92. The predicted octanol–water partition coefficient (Wildman–Crippen LogP) is 2.19. The Hall–Kier alpha value is -3.50. The average molecular weight is 472 g/mol. The van der Waals surface area contributed by atoms with Gasteiger partial charge >= 0.3 is 0 Å². The average Bonchev–Trinajstić information content (AvgIpc) is 2.81. The Kier molecular flexibility index (Phi) is 7.29. The molecule has 2 aromatic heterocycles. The second-order valence-electron chi connectivity index (χ2n) is 7.81. The fourth-order valence-electron chi connectivity index (χ4n) is 3.18. The van der Waals surface area contributed by atoms with Crippen LogP contribution in [-0.2, 0) is 27.8 Å². The molecule has 1 aromatic carbocycles. The van der Waals surface area contributed by atoms with E-state index >= 15 is 0 Å². The van der Waals surface area contributed by atoms with Crippen molar-refractivity contribution < 1.29 is 23.2 Å². The first-order valence-corrected chi connectivity index (χ1v) is 12.0. The molecule has 2 heterocycles. The number of rotatable bonds is 9. The lowest BCUT2D eigenvalue weighted by molar-refractivity contribution is -0.131. The van der Waals surface area contributed by atoms with Crippen molar-refractivity contribution in [3.05, 3.63) is 83.0 Å². The zero-order valence-electron chi connectivity index (χ0n) is 18.3. The fraction of sp³-hybridized carbons (Fsp3) is 0.261. The van der Waals surface area contributed by atoms with Crippen LogP contribution in [0.3, 0.4) is 0 Å². The zero-order chi connectivity index (χ0) is 24.1. The van der Waals surface area contributed by atoms with Crippen LogP contribution in [0.5, 0.6) is 5.75 Å². The number of sulfone groups is 1. The summed E-state index contributed by atoms with van der Waals surface area (Å²) in [6.45, 7) is 1.61. The number of ether oxygens (including phenoxy) is 1. The van der Waals surface area contributed by atoms with Crippen LogP contribution in [0.15, 0.2) is 71.9 Å². The van der Waals surface area contributed by atoms with Crippen LogP contribution >= 0.6 is 0 Å². The van der Waals surface area contributed by atoms with Crippen LogP contribution in [0.2, 0.25) is 0 Å². The number of carbonyl (C=O) groups excluding carboxylic acids is 1. The minimum atomic E-state index is -3.84. The molecule has 9 nitrogen and oxygen atoms in total. The van der Waals surface area contributed by atoms with E-state index in [0.29, 0.717) is 17.9 Å². The van der Waals surface area contributed by atoms with E-state index < -0.39 is 20.5 Å². The summed E-state index contributed by atoms with van der Waals surface area (Å²) in [6, 6.07) is 14.2. The van der Waals surface area contributed by atoms with Crippen molar-refractivity contribution in [3.8, 4) is 16.9 Å². The molecule has 33 heavy (non-hydrogen) atoms. The van der Waals surface area contributed by atoms with Gasteiger partial charge in [-0.25, -0.2) is 13.9 Å². The van der Waals surface area contributed by atoms with Gasteiger partial charge in [-0.2, -0.15) is 0 Å². The number of nitrogens with zero attached hydrogens (tertiary/aromatic N) is 2. The van der Waals surface area contributed by atoms with Crippen LogP contribution in [0.4, 0.5) is 0 Å². The van der Waals surface area contributed by atoms with Gasteiger partial charge in [0.15, 0.2) is 14.6 Å². The summed E-state index contributed by atoms with van der Waals surface area (Å²) in [5, 5.41) is 8.92. The third-order valence-electron chi connectivity index (χ3n) is 5.57. The first kappa shape index (κ1) is 24.1. The maximum atomic E-state index is 12.6. The van der Waals surface area contributed by atoms with Crippen molar-refractivity contribution in [3.63, 3.8) is 0 Å². The van der Waals surface area contributed by atoms with Gasteiger partial charge in [-0.3, -0.25) is 19.8 Å². The monoisotopic (exact) mass is 471 g/mol. The van der Waals surface area contributed by atoms with Crippen molar-refractivity contribution in [1.82, 2.24) is 15.0 Å². The minimum absolute atomic E-state index is 0.0160. The lowest BCUT2D eigenvalue weighted by Crippen LogP contribution is -2.49. The third kappa shape index (κ3) is 5.65. The number of hydrogen-bond donors (Lipinski definition) is 2. The molecule has 1 amide bonds. The maximum Gasteiger partial charge on any atom is 0.264 e. The molecule has 0 radical (unpaired) electrons. The molecule has 10 heteroatoms. The van der Waals surface area contributed by atoms with Crippen molar-refractivity contribution in [2.75, 3.05) is 6.26 Å². The topological polar surface area (TPSA) is 128 Å². The highest BCUT2D eigenvalue weighted by Gasteiger charge is 2.43. The van der Waals surface area contributed by atoms with Crippen molar-refractivity contribution in [2.24, 2.45) is 0 Å². The molecule has 1 atom stereocenters. The molecule has 0 saturated heterocycles. The van der Waals surface area contributed by atoms with E-state index in [0.717, 1.165) is 17.4 Å². The van der Waals surface area contributed by atoms with Gasteiger partial charge in [-0.05, 0) is 60.4 Å². The smallest absolute Gasteiger partial charge is 0.264 e. The largest absolute Gasteiger partial charge is 0.489 e. The molecule has 3 rings (SSSR count). The molecule has 0 spiro atoms. The summed E-state index contributed by atoms with van der Waals surface area (Å²) < 4.78 is 29.4. The molecule has 174 valence electrons. The van der Waals surface area contributed by atoms with Crippen LogP contribution in [0, 0.1) is 0 Å². The maximum absolute atomic E-state index is 12.6. The molecular formula is C23H25N3O6S. The summed E-state index contributed by atoms with van der Waals surface area (Å²) in [6.07, 6.45) is 5.69. The summed E-state index contributed by atoms with van der Waals surface area (Å²) in [5.74, 6) is -0.355. The number of pyridine rings is 2. The van der Waals surface area contributed by atoms with Gasteiger partial charge in [-0.15, -0.1) is 0 Å². The van der Waals surface area contributed by atoms with E-state index in [4.69, 9.17) is 9.94 Å². The van der Waals surface area contributed by atoms with Gasteiger partial charge in [-0.1, -0.05) is 12.1 Å². The van der Waals surface area contributed by atoms with E-state index in [9.17, 15) is 18.0 Å². The summed E-state index contributed by atoms with van der Waals surface area (Å²) >= 11 is 0. The normalized spacial score (nSPS) is 13.2. The predicted molar refractivity (Wildman–Crippen MR) is 123 cm³/mol. The Labute approximate surface area is 191 Å². The molecule has 0 saturated carbocycles. The fourth-order valence-corrected chi connectivity index (χ4v) is 4.03. The van der Waals surface area contributed by atoms with Gasteiger partial charge in [0.2, 0.25) is 0 Å². The van der Waals surface area contributed by atoms with Crippen molar-refractivity contribution in [1.29, 1.82) is 0 Å². The number of carbonyl (C=O) groups is 1. The van der Waals surface area contributed by atoms with E-state index in [2.05, 4.69) is 4.98 Å². The number of nitrogens with one attached hydrogen (secondary N) is 1. The van der Waals surface area contributed by atoms with E-state index in [-0.39, 0.29) is 18.5 Å². The lowest BCUT2D eigenvalue weighted by Gasteiger charge is -2.25. The van der Waals surface area contributed by atoms with E-state index in [1.165, 1.54) is 23.0 Å². The Balaban J connectivity index is 1.70. The van der Waals surface area contributed by atoms with Crippen LogP contribution in [0.25, 0.3) is 11.1 Å². The Morgan fingerprint density at radius 2 is 1.79 bits per heavy atom. The quantitative estimate of drug-likeness (QED) is 0.362. The SMILES string of the molecule is CC(CCn1ccc(-c2ccc(OCc3ccncc3)cc2)cc1=O)(C(=O)NO)S(C)(=O)=O. The van der Waals surface area contributed by atoms with Gasteiger partial charge in [0.1, 0.15) is 12.4 Å². The molecule has 0 aliphatic carbocycles. The van der Waals surface area contributed by atoms with Gasteiger partial charge in [0, 0.05) is 37.5 Å². The van der Waals surface area contributed by atoms with Gasteiger partial charge < -0.3 is 9.30 Å². The number of amides is 1. The van der Waals surface area contributed by atoms with Crippen molar-refractivity contribution >= 4 is 15.7 Å². The van der Waals surface area contributed by atoms with E-state index in [1.807, 2.05) is 36.4 Å². The third-order valence-corrected chi connectivity index (χ3v) is 7.59. The number of benzene rings is 1. The first-order chi connectivity index (χ1) is 15.6. The Bertz CT molecular complexity index is 1270. The molecule has 1 unspecified atom stereocenters. The van der Waals surface area contributed by atoms with Crippen LogP contribution < -0.4 is 15.8 Å². The Morgan fingerprint density at radius 3 is 2.36 bits per heavy atom. The number of hydrogen-bond acceptors (Lipinski definition) is 7. The van der Waals surface area contributed by atoms with Crippen LogP contribution in [-0.4, -0.2) is 40.1 Å². The molecular weight excluding hydrogens is 446 g/mol. The second kappa shape index (κ2) is 9.97. The summed E-state index contributed by atoms with van der Waals surface area (Å²) in [7, 11) is -3.84. The van der Waals surface area contributed by atoms with Gasteiger partial charge in [0.05, 0.1) is 0 Å². The van der Waals surface area contributed by atoms with Crippen LogP contribution in [0.1, 0.15) is 18.9 Å². The van der Waals surface area contributed by atoms with Crippen molar-refractivity contribution in [2.45, 2.75) is 31.2 Å². The lowest BCUT2D eigenvalue weighted by atomic mass is 10.1. The summed E-state index contributed by atoms with van der Waals surface area (Å²) in [4.78, 5) is 28.5. The Morgan fingerprint density at radius 1 is 1.12 bits per heavy atom. The molecule has 0 aliphatic rings.